The Morgan fingerprint density at radius 3 is 2.81 bits per heavy atom. The standard InChI is InChI=1S/C9H10Cl2N2O2S/c10-7-2-1-5(8(11)13-7)3-16-4-6(12)9(14)15/h1-2,6H,3-4,12H2,(H,14,15)/t6-/m1/s1. The van der Waals surface area contributed by atoms with E-state index in [2.05, 4.69) is 4.98 Å². The van der Waals surface area contributed by atoms with Crippen molar-refractivity contribution in [3.63, 3.8) is 0 Å². The van der Waals surface area contributed by atoms with Gasteiger partial charge >= 0.3 is 5.97 Å². The minimum atomic E-state index is -1.01. The van der Waals surface area contributed by atoms with Gasteiger partial charge in [-0.2, -0.15) is 11.8 Å². The number of carboxylic acids is 1. The number of hydrogen-bond donors (Lipinski definition) is 2. The lowest BCUT2D eigenvalue weighted by Crippen LogP contribution is -2.32. The predicted molar refractivity (Wildman–Crippen MR) is 66.0 cm³/mol. The van der Waals surface area contributed by atoms with E-state index in [1.165, 1.54) is 11.8 Å². The average Bonchev–Trinajstić information content (AvgIpc) is 2.20. The number of rotatable bonds is 5. The molecule has 1 rings (SSSR count). The van der Waals surface area contributed by atoms with Crippen LogP contribution in [0.3, 0.4) is 0 Å². The highest BCUT2D eigenvalue weighted by atomic mass is 35.5. The molecule has 0 amide bonds. The molecule has 0 bridgehead atoms. The lowest BCUT2D eigenvalue weighted by molar-refractivity contribution is -0.137. The van der Waals surface area contributed by atoms with Crippen molar-refractivity contribution in [1.29, 1.82) is 0 Å². The molecule has 0 saturated heterocycles. The Morgan fingerprint density at radius 2 is 2.25 bits per heavy atom. The maximum absolute atomic E-state index is 10.5. The van der Waals surface area contributed by atoms with E-state index in [9.17, 15) is 4.79 Å². The van der Waals surface area contributed by atoms with Crippen molar-refractivity contribution >= 4 is 40.9 Å². The third kappa shape index (κ3) is 4.17. The summed E-state index contributed by atoms with van der Waals surface area (Å²) >= 11 is 12.9. The van der Waals surface area contributed by atoms with Crippen LogP contribution in [0.1, 0.15) is 5.56 Å². The molecule has 0 unspecified atom stereocenters. The molecule has 1 aromatic heterocycles. The van der Waals surface area contributed by atoms with E-state index in [1.807, 2.05) is 0 Å². The van der Waals surface area contributed by atoms with Crippen molar-refractivity contribution in [3.8, 4) is 0 Å². The van der Waals surface area contributed by atoms with Gasteiger partial charge in [0.15, 0.2) is 0 Å². The SMILES string of the molecule is N[C@H](CSCc1ccc(Cl)nc1Cl)C(=O)O. The lowest BCUT2D eigenvalue weighted by atomic mass is 10.3. The molecule has 88 valence electrons. The summed E-state index contributed by atoms with van der Waals surface area (Å²) in [6, 6.07) is 2.54. The zero-order valence-corrected chi connectivity index (χ0v) is 10.5. The second-order valence-corrected chi connectivity index (χ2v) is 4.82. The summed E-state index contributed by atoms with van der Waals surface area (Å²) in [7, 11) is 0. The van der Waals surface area contributed by atoms with Crippen molar-refractivity contribution in [2.45, 2.75) is 11.8 Å². The Balaban J connectivity index is 2.46. The smallest absolute Gasteiger partial charge is 0.321 e. The van der Waals surface area contributed by atoms with Gasteiger partial charge in [0, 0.05) is 11.5 Å². The molecule has 7 heteroatoms. The number of carboxylic acid groups (broad SMARTS) is 1. The molecule has 0 fully saturated rings. The number of hydrogen-bond acceptors (Lipinski definition) is 4. The molecular formula is C9H10Cl2N2O2S. The molecular weight excluding hydrogens is 271 g/mol. The summed E-state index contributed by atoms with van der Waals surface area (Å²) < 4.78 is 0. The van der Waals surface area contributed by atoms with Gasteiger partial charge in [0.25, 0.3) is 0 Å². The number of thioether (sulfide) groups is 1. The number of pyridine rings is 1. The summed E-state index contributed by atoms with van der Waals surface area (Å²) in [6.07, 6.45) is 0. The van der Waals surface area contributed by atoms with Crippen molar-refractivity contribution in [2.24, 2.45) is 5.73 Å². The zero-order chi connectivity index (χ0) is 12.1. The molecule has 0 aliphatic carbocycles. The third-order valence-corrected chi connectivity index (χ3v) is 3.41. The number of halogens is 2. The summed E-state index contributed by atoms with van der Waals surface area (Å²) in [5.41, 5.74) is 6.17. The largest absolute Gasteiger partial charge is 0.480 e. The molecule has 1 atom stereocenters. The Hall–Kier alpha value is -0.490. The van der Waals surface area contributed by atoms with Crippen LogP contribution in [0, 0.1) is 0 Å². The fourth-order valence-corrected chi connectivity index (χ4v) is 2.37. The van der Waals surface area contributed by atoms with Crippen LogP contribution in [0.2, 0.25) is 10.3 Å². The number of nitrogens with two attached hydrogens (primary N) is 1. The minimum absolute atomic E-state index is 0.328. The second-order valence-electron chi connectivity index (χ2n) is 3.04. The van der Waals surface area contributed by atoms with Crippen molar-refractivity contribution in [3.05, 3.63) is 28.0 Å². The van der Waals surface area contributed by atoms with Gasteiger partial charge < -0.3 is 10.8 Å². The summed E-state index contributed by atoms with van der Waals surface area (Å²) in [4.78, 5) is 14.3. The molecule has 3 N–H and O–H groups in total. The van der Waals surface area contributed by atoms with Gasteiger partial charge in [0.1, 0.15) is 16.3 Å². The lowest BCUT2D eigenvalue weighted by Gasteiger charge is -2.06. The van der Waals surface area contributed by atoms with Crippen LogP contribution in [0.5, 0.6) is 0 Å². The Bertz CT molecular complexity index is 390. The van der Waals surface area contributed by atoms with Crippen LogP contribution in [-0.2, 0) is 10.5 Å². The van der Waals surface area contributed by atoms with Crippen LogP contribution >= 0.6 is 35.0 Å². The Kier molecular flexibility index (Phi) is 5.34. The summed E-state index contributed by atoms with van der Waals surface area (Å²) in [6.45, 7) is 0. The van der Waals surface area contributed by atoms with Gasteiger partial charge in [0.2, 0.25) is 0 Å². The number of aliphatic carboxylic acids is 1. The molecule has 16 heavy (non-hydrogen) atoms. The monoisotopic (exact) mass is 280 g/mol. The van der Waals surface area contributed by atoms with Crippen LogP contribution in [-0.4, -0.2) is 27.9 Å². The van der Waals surface area contributed by atoms with Crippen molar-refractivity contribution in [1.82, 2.24) is 4.98 Å². The number of carbonyl (C=O) groups is 1. The molecule has 4 nitrogen and oxygen atoms in total. The number of aromatic nitrogens is 1. The third-order valence-electron chi connectivity index (χ3n) is 1.76. The first-order valence-electron chi connectivity index (χ1n) is 4.37. The van der Waals surface area contributed by atoms with Gasteiger partial charge in [-0.05, 0) is 11.6 Å². The van der Waals surface area contributed by atoms with E-state index in [1.54, 1.807) is 12.1 Å². The molecule has 1 heterocycles. The van der Waals surface area contributed by atoms with Crippen LogP contribution < -0.4 is 5.73 Å². The Morgan fingerprint density at radius 1 is 1.56 bits per heavy atom. The first kappa shape index (κ1) is 13.6. The minimum Gasteiger partial charge on any atom is -0.480 e. The normalized spacial score (nSPS) is 12.4. The van der Waals surface area contributed by atoms with E-state index in [-0.39, 0.29) is 0 Å². The topological polar surface area (TPSA) is 76.2 Å². The quantitative estimate of drug-likeness (QED) is 0.808. The van der Waals surface area contributed by atoms with Gasteiger partial charge in [-0.15, -0.1) is 0 Å². The Labute approximate surface area is 107 Å². The first-order valence-corrected chi connectivity index (χ1v) is 6.29. The fourth-order valence-electron chi connectivity index (χ4n) is 0.916. The van der Waals surface area contributed by atoms with Crippen LogP contribution in [0.15, 0.2) is 12.1 Å². The molecule has 0 radical (unpaired) electrons. The van der Waals surface area contributed by atoms with Gasteiger partial charge in [0.05, 0.1) is 0 Å². The second kappa shape index (κ2) is 6.30. The van der Waals surface area contributed by atoms with Crippen molar-refractivity contribution in [2.75, 3.05) is 5.75 Å². The molecule has 0 aliphatic heterocycles. The number of nitrogens with zero attached hydrogens (tertiary/aromatic N) is 1. The molecule has 1 aromatic rings. The highest BCUT2D eigenvalue weighted by Crippen LogP contribution is 2.21. The maximum Gasteiger partial charge on any atom is 0.321 e. The van der Waals surface area contributed by atoms with E-state index < -0.39 is 12.0 Å². The van der Waals surface area contributed by atoms with Gasteiger partial charge in [-0.3, -0.25) is 4.79 Å². The highest BCUT2D eigenvalue weighted by molar-refractivity contribution is 7.98. The first-order chi connectivity index (χ1) is 7.50. The summed E-state index contributed by atoms with van der Waals surface area (Å²) in [5.74, 6) is -0.119. The van der Waals surface area contributed by atoms with Gasteiger partial charge in [-0.1, -0.05) is 29.3 Å². The fraction of sp³-hybridized carbons (Fsp3) is 0.333. The molecule has 0 spiro atoms. The molecule has 0 aromatic carbocycles. The van der Waals surface area contributed by atoms with E-state index in [0.29, 0.717) is 21.8 Å². The molecule has 0 saturated carbocycles. The van der Waals surface area contributed by atoms with Crippen LogP contribution in [0.25, 0.3) is 0 Å². The zero-order valence-electron chi connectivity index (χ0n) is 8.19. The van der Waals surface area contributed by atoms with Crippen molar-refractivity contribution < 1.29 is 9.90 Å². The highest BCUT2D eigenvalue weighted by Gasteiger charge is 2.11. The molecule has 0 aliphatic rings. The van der Waals surface area contributed by atoms with Crippen LogP contribution in [0.4, 0.5) is 0 Å². The summed E-state index contributed by atoms with van der Waals surface area (Å²) in [5, 5.41) is 9.25. The van der Waals surface area contributed by atoms with Gasteiger partial charge in [-0.25, -0.2) is 4.98 Å². The van der Waals surface area contributed by atoms with E-state index >= 15 is 0 Å². The van der Waals surface area contributed by atoms with E-state index in [0.717, 1.165) is 5.56 Å². The van der Waals surface area contributed by atoms with E-state index in [4.69, 9.17) is 34.0 Å². The average molecular weight is 281 g/mol. The maximum atomic E-state index is 10.5. The predicted octanol–water partition coefficient (Wildman–Crippen LogP) is 2.03.